The fourth-order valence-electron chi connectivity index (χ4n) is 3.02. The van der Waals surface area contributed by atoms with Gasteiger partial charge in [0.15, 0.2) is 0 Å². The molecule has 0 saturated heterocycles. The van der Waals surface area contributed by atoms with Crippen molar-refractivity contribution in [1.82, 2.24) is 0 Å². The molecule has 4 aromatic rings. The topological polar surface area (TPSA) is 26.3 Å². The van der Waals surface area contributed by atoms with Crippen LogP contribution in [-0.4, -0.2) is 0 Å². The fourth-order valence-corrected chi connectivity index (χ4v) is 3.02. The lowest BCUT2D eigenvalue weighted by Crippen LogP contribution is -1.78. The molecule has 0 atom stereocenters. The zero-order valence-corrected chi connectivity index (χ0v) is 15.8. The number of aryl methyl sites for hydroxylation is 2. The van der Waals surface area contributed by atoms with Gasteiger partial charge in [0.1, 0.15) is 22.7 Å². The van der Waals surface area contributed by atoms with Gasteiger partial charge in [0.05, 0.1) is 0 Å². The summed E-state index contributed by atoms with van der Waals surface area (Å²) in [7, 11) is 0. The SMILES string of the molecule is CCCCc1cc2ccccc2o1.CCCCc1cc2ccccc2o1. The molecule has 136 valence electrons. The second-order valence-electron chi connectivity index (χ2n) is 6.71. The Hall–Kier alpha value is -2.48. The first kappa shape index (κ1) is 18.3. The molecule has 0 bridgehead atoms. The van der Waals surface area contributed by atoms with Gasteiger partial charge in [-0.05, 0) is 37.1 Å². The number of benzene rings is 2. The van der Waals surface area contributed by atoms with Crippen LogP contribution in [0.25, 0.3) is 21.9 Å². The molecule has 2 nitrogen and oxygen atoms in total. The monoisotopic (exact) mass is 348 g/mol. The van der Waals surface area contributed by atoms with E-state index in [0.29, 0.717) is 0 Å². The Morgan fingerprint density at radius 1 is 0.615 bits per heavy atom. The van der Waals surface area contributed by atoms with Gasteiger partial charge in [-0.15, -0.1) is 0 Å². The highest BCUT2D eigenvalue weighted by Gasteiger charge is 2.02. The summed E-state index contributed by atoms with van der Waals surface area (Å²) in [6.45, 7) is 4.39. The summed E-state index contributed by atoms with van der Waals surface area (Å²) in [6, 6.07) is 20.6. The first-order chi connectivity index (χ1) is 12.8. The smallest absolute Gasteiger partial charge is 0.134 e. The van der Waals surface area contributed by atoms with E-state index < -0.39 is 0 Å². The normalized spacial score (nSPS) is 10.8. The molecule has 2 heteroatoms. The van der Waals surface area contributed by atoms with Gasteiger partial charge in [-0.25, -0.2) is 0 Å². The van der Waals surface area contributed by atoms with Gasteiger partial charge in [0.25, 0.3) is 0 Å². The van der Waals surface area contributed by atoms with Crippen molar-refractivity contribution in [2.75, 3.05) is 0 Å². The van der Waals surface area contributed by atoms with Gasteiger partial charge in [0, 0.05) is 23.6 Å². The molecule has 0 aliphatic carbocycles. The summed E-state index contributed by atoms with van der Waals surface area (Å²) < 4.78 is 11.3. The third-order valence-corrected chi connectivity index (χ3v) is 4.51. The van der Waals surface area contributed by atoms with Gasteiger partial charge in [0.2, 0.25) is 0 Å². The van der Waals surface area contributed by atoms with Crippen LogP contribution in [0.4, 0.5) is 0 Å². The number of hydrogen-bond acceptors (Lipinski definition) is 2. The molecular formula is C24H28O2. The van der Waals surface area contributed by atoms with Crippen molar-refractivity contribution in [3.8, 4) is 0 Å². The lowest BCUT2D eigenvalue weighted by atomic mass is 10.2. The zero-order chi connectivity index (χ0) is 18.2. The van der Waals surface area contributed by atoms with E-state index in [4.69, 9.17) is 8.83 Å². The number of rotatable bonds is 6. The Morgan fingerprint density at radius 3 is 1.42 bits per heavy atom. The third-order valence-electron chi connectivity index (χ3n) is 4.51. The van der Waals surface area contributed by atoms with Crippen LogP contribution in [0.5, 0.6) is 0 Å². The summed E-state index contributed by atoms with van der Waals surface area (Å²) in [6.07, 6.45) is 6.98. The number of para-hydroxylation sites is 2. The molecule has 0 aliphatic rings. The average Bonchev–Trinajstić information content (AvgIpc) is 3.28. The van der Waals surface area contributed by atoms with E-state index >= 15 is 0 Å². The van der Waals surface area contributed by atoms with Crippen LogP contribution in [0.15, 0.2) is 69.5 Å². The third kappa shape index (κ3) is 4.78. The van der Waals surface area contributed by atoms with E-state index in [0.717, 1.165) is 35.5 Å². The Kier molecular flexibility index (Phi) is 6.54. The maximum Gasteiger partial charge on any atom is 0.134 e. The largest absolute Gasteiger partial charge is 0.461 e. The average molecular weight is 348 g/mol. The molecule has 0 saturated carbocycles. The first-order valence-electron chi connectivity index (χ1n) is 9.75. The predicted molar refractivity (Wildman–Crippen MR) is 110 cm³/mol. The highest BCUT2D eigenvalue weighted by molar-refractivity contribution is 5.78. The second-order valence-corrected chi connectivity index (χ2v) is 6.71. The predicted octanol–water partition coefficient (Wildman–Crippen LogP) is 7.55. The highest BCUT2D eigenvalue weighted by atomic mass is 16.3. The van der Waals surface area contributed by atoms with Crippen LogP contribution < -0.4 is 0 Å². The molecule has 0 aliphatic heterocycles. The van der Waals surface area contributed by atoms with Crippen molar-refractivity contribution in [1.29, 1.82) is 0 Å². The summed E-state index contributed by atoms with van der Waals surface area (Å²) in [4.78, 5) is 0. The summed E-state index contributed by atoms with van der Waals surface area (Å²) in [5.74, 6) is 2.23. The standard InChI is InChI=1S/2C12H14O/c2*1-2-3-7-11-9-10-6-4-5-8-12(10)13-11/h2*4-6,8-9H,2-3,7H2,1H3. The van der Waals surface area contributed by atoms with E-state index in [9.17, 15) is 0 Å². The van der Waals surface area contributed by atoms with Crippen molar-refractivity contribution >= 4 is 21.9 Å². The fraction of sp³-hybridized carbons (Fsp3) is 0.333. The van der Waals surface area contributed by atoms with Gasteiger partial charge >= 0.3 is 0 Å². The number of hydrogen-bond donors (Lipinski definition) is 0. The molecule has 26 heavy (non-hydrogen) atoms. The molecule has 0 radical (unpaired) electrons. The van der Waals surface area contributed by atoms with Crippen molar-refractivity contribution < 1.29 is 8.83 Å². The van der Waals surface area contributed by atoms with E-state index in [1.165, 1.54) is 36.5 Å². The maximum absolute atomic E-state index is 5.67. The second kappa shape index (κ2) is 9.28. The van der Waals surface area contributed by atoms with E-state index in [2.05, 4.69) is 38.1 Å². The van der Waals surface area contributed by atoms with E-state index in [1.807, 2.05) is 36.4 Å². The highest BCUT2D eigenvalue weighted by Crippen LogP contribution is 2.20. The molecule has 0 N–H and O–H groups in total. The van der Waals surface area contributed by atoms with Crippen LogP contribution in [-0.2, 0) is 12.8 Å². The van der Waals surface area contributed by atoms with Crippen LogP contribution >= 0.6 is 0 Å². The Labute approximate surface area is 155 Å². The minimum absolute atomic E-state index is 1.01. The number of furan rings is 2. The Balaban J connectivity index is 0.000000151. The molecule has 4 rings (SSSR count). The molecular weight excluding hydrogens is 320 g/mol. The van der Waals surface area contributed by atoms with E-state index in [-0.39, 0.29) is 0 Å². The molecule has 0 spiro atoms. The van der Waals surface area contributed by atoms with Crippen LogP contribution in [0, 0.1) is 0 Å². The van der Waals surface area contributed by atoms with E-state index in [1.54, 1.807) is 0 Å². The molecule has 0 unspecified atom stereocenters. The van der Waals surface area contributed by atoms with Crippen LogP contribution in [0.3, 0.4) is 0 Å². The lowest BCUT2D eigenvalue weighted by Gasteiger charge is -1.90. The van der Waals surface area contributed by atoms with Gasteiger partial charge < -0.3 is 8.83 Å². The quantitative estimate of drug-likeness (QED) is 0.359. The lowest BCUT2D eigenvalue weighted by molar-refractivity contribution is 0.536. The summed E-state index contributed by atoms with van der Waals surface area (Å²) in [5, 5.41) is 2.43. The van der Waals surface area contributed by atoms with Crippen molar-refractivity contribution in [3.63, 3.8) is 0 Å². The zero-order valence-electron chi connectivity index (χ0n) is 15.8. The Bertz CT molecular complexity index is 785. The molecule has 0 amide bonds. The minimum atomic E-state index is 1.01. The van der Waals surface area contributed by atoms with Crippen LogP contribution in [0.2, 0.25) is 0 Å². The molecule has 2 aromatic heterocycles. The number of fused-ring (bicyclic) bond motifs is 2. The first-order valence-corrected chi connectivity index (χ1v) is 9.75. The summed E-state index contributed by atoms with van der Waals surface area (Å²) in [5.41, 5.74) is 2.02. The van der Waals surface area contributed by atoms with Crippen molar-refractivity contribution in [3.05, 3.63) is 72.2 Å². The van der Waals surface area contributed by atoms with Crippen molar-refractivity contribution in [2.45, 2.75) is 52.4 Å². The molecule has 0 fully saturated rings. The van der Waals surface area contributed by atoms with Crippen molar-refractivity contribution in [2.24, 2.45) is 0 Å². The summed E-state index contributed by atoms with van der Waals surface area (Å²) >= 11 is 0. The van der Waals surface area contributed by atoms with Gasteiger partial charge in [-0.1, -0.05) is 63.1 Å². The van der Waals surface area contributed by atoms with Gasteiger partial charge in [-0.2, -0.15) is 0 Å². The minimum Gasteiger partial charge on any atom is -0.461 e. The van der Waals surface area contributed by atoms with Crippen LogP contribution in [0.1, 0.15) is 51.1 Å². The Morgan fingerprint density at radius 2 is 1.04 bits per heavy atom. The van der Waals surface area contributed by atoms with Gasteiger partial charge in [-0.3, -0.25) is 0 Å². The maximum atomic E-state index is 5.67. The molecule has 2 heterocycles. The molecule has 2 aromatic carbocycles. The number of unbranched alkanes of at least 4 members (excludes halogenated alkanes) is 2.